The molecule has 292 valence electrons. The summed E-state index contributed by atoms with van der Waals surface area (Å²) in [6, 6.07) is 25.5. The summed E-state index contributed by atoms with van der Waals surface area (Å²) in [5, 5.41) is 17.9. The van der Waals surface area contributed by atoms with Crippen molar-refractivity contribution in [3.8, 4) is 22.4 Å². The summed E-state index contributed by atoms with van der Waals surface area (Å²) in [7, 11) is 0. The van der Waals surface area contributed by atoms with E-state index in [2.05, 4.69) is 102 Å². The highest BCUT2D eigenvalue weighted by Crippen LogP contribution is 2.33. The number of carbonyl (C=O) groups excluding carboxylic acids is 3. The molecule has 2 aliphatic heterocycles. The Hall–Kier alpha value is -6.01. The Morgan fingerprint density at radius 2 is 1.65 bits per heavy atom. The van der Waals surface area contributed by atoms with Gasteiger partial charge in [0.2, 0.25) is 11.8 Å². The maximum Gasteiger partial charge on any atom is 0.315 e. The number of amides is 3. The number of likely N-dealkylation sites (tertiary alicyclic amines) is 1. The van der Waals surface area contributed by atoms with Crippen LogP contribution in [0.5, 0.6) is 0 Å². The van der Waals surface area contributed by atoms with Gasteiger partial charge in [0.1, 0.15) is 0 Å². The molecule has 12 nitrogen and oxygen atoms in total. The number of aromatic nitrogens is 5. The Labute approximate surface area is 331 Å². The predicted octanol–water partition coefficient (Wildman–Crippen LogP) is 7.15. The molecule has 2 aliphatic rings. The minimum absolute atomic E-state index is 0.0430. The molecule has 0 radical (unpaired) electrons. The van der Waals surface area contributed by atoms with E-state index in [4.69, 9.17) is 4.52 Å². The number of nitrogens with zero attached hydrogens (tertiary/aromatic N) is 5. The topological polar surface area (TPSA) is 159 Å². The summed E-state index contributed by atoms with van der Waals surface area (Å²) in [5.41, 5.74) is 9.98. The zero-order valence-corrected chi connectivity index (χ0v) is 32.9. The van der Waals surface area contributed by atoms with Crippen LogP contribution in [0.2, 0.25) is 0 Å². The van der Waals surface area contributed by atoms with Gasteiger partial charge >= 0.3 is 11.8 Å². The van der Waals surface area contributed by atoms with Gasteiger partial charge < -0.3 is 14.7 Å². The first kappa shape index (κ1) is 37.9. The molecular formula is C45H48N8O4. The van der Waals surface area contributed by atoms with Crippen LogP contribution in [0.15, 0.2) is 83.5 Å². The molecule has 6 aromatic rings. The first-order valence-corrected chi connectivity index (χ1v) is 19.8. The fraction of sp³-hybridized carbons (Fsp3) is 0.356. The lowest BCUT2D eigenvalue weighted by Gasteiger charge is -2.32. The molecular weight excluding hydrogens is 717 g/mol. The van der Waals surface area contributed by atoms with Crippen molar-refractivity contribution in [2.24, 2.45) is 0 Å². The molecule has 0 saturated carbocycles. The van der Waals surface area contributed by atoms with E-state index in [9.17, 15) is 14.4 Å². The Balaban J connectivity index is 0.846. The number of nitrogens with one attached hydrogen (secondary N) is 3. The number of imide groups is 1. The van der Waals surface area contributed by atoms with Gasteiger partial charge in [0.25, 0.3) is 0 Å². The van der Waals surface area contributed by atoms with E-state index in [1.165, 1.54) is 11.1 Å². The van der Waals surface area contributed by atoms with Gasteiger partial charge in [-0.3, -0.25) is 24.8 Å². The van der Waals surface area contributed by atoms with Crippen molar-refractivity contribution in [2.75, 3.05) is 19.6 Å². The van der Waals surface area contributed by atoms with Crippen LogP contribution in [-0.4, -0.2) is 67.6 Å². The molecule has 57 heavy (non-hydrogen) atoms. The lowest BCUT2D eigenvalue weighted by Crippen LogP contribution is -2.39. The number of hydrogen-bond donors (Lipinski definition) is 3. The number of carbonyl (C=O) groups is 3. The van der Waals surface area contributed by atoms with E-state index < -0.39 is 5.91 Å². The second-order valence-corrected chi connectivity index (χ2v) is 16.4. The number of piperidine rings is 2. The maximum absolute atomic E-state index is 12.7. The largest absolute Gasteiger partial charge is 0.344 e. The Morgan fingerprint density at radius 1 is 0.912 bits per heavy atom. The molecule has 2 fully saturated rings. The zero-order valence-electron chi connectivity index (χ0n) is 32.9. The molecule has 2 saturated heterocycles. The highest BCUT2D eigenvalue weighted by atomic mass is 16.5. The van der Waals surface area contributed by atoms with Gasteiger partial charge in [0.05, 0.1) is 11.6 Å². The SMILES string of the molecule is Cc1cc(-c2[nH]nc3ncc(-c4ccc(CCN5CCC(c6ccc([C@H]7CCC(=O)NC7=O)cc6)CC5)cc4)cc23)ccc1CNC(=O)c1nc(C(C)(C)C)no1. The minimum atomic E-state index is -0.404. The van der Waals surface area contributed by atoms with Crippen molar-refractivity contribution in [1.29, 1.82) is 0 Å². The van der Waals surface area contributed by atoms with Crippen LogP contribution in [0.3, 0.4) is 0 Å². The van der Waals surface area contributed by atoms with E-state index in [-0.39, 0.29) is 29.0 Å². The highest BCUT2D eigenvalue weighted by molar-refractivity contribution is 6.01. The van der Waals surface area contributed by atoms with E-state index in [0.29, 0.717) is 36.8 Å². The van der Waals surface area contributed by atoms with Crippen molar-refractivity contribution >= 4 is 28.8 Å². The van der Waals surface area contributed by atoms with E-state index in [0.717, 1.165) is 83.4 Å². The van der Waals surface area contributed by atoms with Crippen LogP contribution in [0.4, 0.5) is 0 Å². The third kappa shape index (κ3) is 8.41. The van der Waals surface area contributed by atoms with Crippen LogP contribution in [-0.2, 0) is 28.0 Å². The van der Waals surface area contributed by atoms with Gasteiger partial charge in [-0.25, -0.2) is 4.98 Å². The summed E-state index contributed by atoms with van der Waals surface area (Å²) in [6.07, 6.45) is 6.07. The molecule has 0 spiro atoms. The van der Waals surface area contributed by atoms with Crippen molar-refractivity contribution in [3.63, 3.8) is 0 Å². The molecule has 3 N–H and O–H groups in total. The second kappa shape index (κ2) is 15.9. The average molecular weight is 765 g/mol. The Bertz CT molecular complexity index is 2420. The third-order valence-electron chi connectivity index (χ3n) is 11.4. The summed E-state index contributed by atoms with van der Waals surface area (Å²) < 4.78 is 5.19. The van der Waals surface area contributed by atoms with E-state index in [1.807, 2.05) is 46.0 Å². The molecule has 3 aromatic carbocycles. The molecule has 0 unspecified atom stereocenters. The molecule has 8 rings (SSSR count). The lowest BCUT2D eigenvalue weighted by atomic mass is 9.86. The van der Waals surface area contributed by atoms with Crippen molar-refractivity contribution in [3.05, 3.63) is 119 Å². The minimum Gasteiger partial charge on any atom is -0.344 e. The number of H-pyrrole nitrogens is 1. The monoisotopic (exact) mass is 764 g/mol. The zero-order chi connectivity index (χ0) is 39.7. The van der Waals surface area contributed by atoms with Gasteiger partial charge in [-0.05, 0) is 97.1 Å². The van der Waals surface area contributed by atoms with Crippen molar-refractivity contribution in [1.82, 2.24) is 40.9 Å². The fourth-order valence-electron chi connectivity index (χ4n) is 7.85. The molecule has 0 bridgehead atoms. The van der Waals surface area contributed by atoms with Gasteiger partial charge in [0.15, 0.2) is 11.5 Å². The van der Waals surface area contributed by atoms with Crippen LogP contribution >= 0.6 is 0 Å². The fourth-order valence-corrected chi connectivity index (χ4v) is 7.85. The summed E-state index contributed by atoms with van der Waals surface area (Å²) >= 11 is 0. The van der Waals surface area contributed by atoms with Gasteiger partial charge in [-0.1, -0.05) is 86.6 Å². The van der Waals surface area contributed by atoms with Gasteiger partial charge in [0, 0.05) is 47.6 Å². The van der Waals surface area contributed by atoms with Crippen molar-refractivity contribution < 1.29 is 18.9 Å². The molecule has 0 aliphatic carbocycles. The van der Waals surface area contributed by atoms with Crippen LogP contribution in [0.25, 0.3) is 33.4 Å². The number of fused-ring (bicyclic) bond motifs is 1. The standard InChI is InChI=1S/C45H48N8O4/c1-27-23-33(13-14-34(27)25-47-42(56)43-49-44(52-57-43)45(2,3)4)39-37-24-35(26-46-40(37)51-50-39)30-7-5-28(6-8-30)17-20-53-21-18-31(19-22-53)29-9-11-32(12-10-29)36-15-16-38(54)48-41(36)55/h5-14,23-24,26,31,36H,15-22,25H2,1-4H3,(H,47,56)(H,46,50,51)(H,48,54,55)/t36-/m1/s1. The summed E-state index contributed by atoms with van der Waals surface area (Å²) in [4.78, 5) is 48.0. The van der Waals surface area contributed by atoms with Gasteiger partial charge in [-0.15, -0.1) is 0 Å². The predicted molar refractivity (Wildman–Crippen MR) is 217 cm³/mol. The number of rotatable bonds is 10. The van der Waals surface area contributed by atoms with E-state index in [1.54, 1.807) is 0 Å². The molecule has 1 atom stereocenters. The normalized spacial score (nSPS) is 16.9. The Kier molecular flexibility index (Phi) is 10.5. The van der Waals surface area contributed by atoms with Gasteiger partial charge in [-0.2, -0.15) is 10.1 Å². The molecule has 5 heterocycles. The van der Waals surface area contributed by atoms with E-state index >= 15 is 0 Å². The average Bonchev–Trinajstić information content (AvgIpc) is 3.89. The maximum atomic E-state index is 12.7. The summed E-state index contributed by atoms with van der Waals surface area (Å²) in [5.74, 6) is -0.0313. The molecule has 12 heteroatoms. The highest BCUT2D eigenvalue weighted by Gasteiger charge is 2.29. The molecule has 3 amide bonds. The van der Waals surface area contributed by atoms with Crippen LogP contribution in [0.1, 0.15) is 103 Å². The molecule has 3 aromatic heterocycles. The van der Waals surface area contributed by atoms with Crippen LogP contribution in [0, 0.1) is 6.92 Å². The first-order chi connectivity index (χ1) is 27.5. The Morgan fingerprint density at radius 3 is 2.35 bits per heavy atom. The third-order valence-corrected chi connectivity index (χ3v) is 11.4. The summed E-state index contributed by atoms with van der Waals surface area (Å²) in [6.45, 7) is 11.4. The number of aryl methyl sites for hydroxylation is 1. The van der Waals surface area contributed by atoms with Crippen molar-refractivity contribution in [2.45, 2.75) is 83.6 Å². The second-order valence-electron chi connectivity index (χ2n) is 16.4. The quantitative estimate of drug-likeness (QED) is 0.123. The number of pyridine rings is 1. The number of hydrogen-bond acceptors (Lipinski definition) is 9. The smallest absolute Gasteiger partial charge is 0.315 e. The lowest BCUT2D eigenvalue weighted by molar-refractivity contribution is -0.134. The number of aromatic amines is 1. The first-order valence-electron chi connectivity index (χ1n) is 19.8. The number of benzene rings is 3. The van der Waals surface area contributed by atoms with Crippen LogP contribution < -0.4 is 10.6 Å².